The van der Waals surface area contributed by atoms with Gasteiger partial charge in [-0.05, 0) is 108 Å². The Balaban J connectivity index is 4.38. The molecule has 1 saturated heterocycles. The van der Waals surface area contributed by atoms with Crippen LogP contribution in [-0.2, 0) is 67.0 Å². The largest absolute Gasteiger partial charge is 0.466 e. The molecule has 0 aromatic rings. The lowest BCUT2D eigenvalue weighted by Crippen LogP contribution is -2.63. The van der Waals surface area contributed by atoms with E-state index < -0.39 is 168 Å². The van der Waals surface area contributed by atoms with Crippen molar-refractivity contribution in [1.82, 2.24) is 55.6 Å². The van der Waals surface area contributed by atoms with Gasteiger partial charge in [0.05, 0.1) is 25.4 Å². The molecule has 0 bridgehead atoms. The average molecular weight is 1300 g/mol. The second-order valence-electron chi connectivity index (χ2n) is 27.0. The maximum Gasteiger partial charge on any atom is 0.302 e. The van der Waals surface area contributed by atoms with Crippen molar-refractivity contribution in [2.75, 3.05) is 69.1 Å². The Labute approximate surface area is 548 Å². The molecule has 0 aromatic carbocycles. The first-order valence-corrected chi connectivity index (χ1v) is 32.7. The zero-order valence-electron chi connectivity index (χ0n) is 59.9. The Morgan fingerprint density at radius 1 is 0.533 bits per heavy atom. The summed E-state index contributed by atoms with van der Waals surface area (Å²) < 4.78 is 11.2. The fraction of sp³-hybridized carbons (Fsp3) is 0.788. The van der Waals surface area contributed by atoms with Crippen LogP contribution in [-0.4, -0.2) is 252 Å². The molecule has 0 aliphatic carbocycles. The second-order valence-corrected chi connectivity index (χ2v) is 27.0. The normalized spacial score (nSPS) is 26.0. The molecule has 1 fully saturated rings. The molecule has 26 nitrogen and oxygen atoms in total. The molecule has 0 spiro atoms. The van der Waals surface area contributed by atoms with Crippen LogP contribution in [0.2, 0.25) is 0 Å². The third-order valence-corrected chi connectivity index (χ3v) is 17.0. The Kier molecular flexibility index (Phi) is 35.4. The van der Waals surface area contributed by atoms with E-state index in [1.807, 2.05) is 41.5 Å². The van der Waals surface area contributed by atoms with E-state index >= 15 is 14.4 Å². The molecule has 0 radical (unpaired) electrons. The molecule has 0 saturated carbocycles. The number of rotatable bonds is 20. The standard InChI is InChI=1S/C66H117N11O15/c1-25-27-30-42(13)56(80)55-60(84)69-47(26-2)62(86)71(18)36-51(79)75(22)54(45(16)91-31-28-29-32-92-46(17)78)59(83)70-52(40(9)10)65(89)72(19)48(33-37(3)4)58(82)67-43(14)57(81)68-44(15)61(85)73(20)49(34-38(5)6)63(87)74(21)50(35-39(7)8)64(88)76(23)53(41(11)12)66(90)77(55)24/h25,27,37-45,47-50,52-56,80H,26,28-36H2,1-24H3,(H,67,82)(H,68,81)(H,69,84)(H,70,83)/b27-25+/t42-,43+,44-,45-,47+,48+,49+,50+,52+,53+,54+,55+,56-/m1/s1. The molecule has 1 rings (SSSR count). The number of carbonyl (C=O) groups is 12. The number of allylic oxidation sites excluding steroid dienone is 2. The van der Waals surface area contributed by atoms with Crippen molar-refractivity contribution >= 4 is 70.9 Å². The van der Waals surface area contributed by atoms with Crippen molar-refractivity contribution in [3.05, 3.63) is 12.2 Å². The van der Waals surface area contributed by atoms with Crippen LogP contribution in [0.4, 0.5) is 0 Å². The molecule has 1 aliphatic rings. The highest BCUT2D eigenvalue weighted by Crippen LogP contribution is 2.26. The SMILES string of the molecule is C/C=C/C[C@@H](C)[C@@H](O)[C@H]1C(=O)N[C@@H](CC)C(=O)N(C)CC(=O)N(C)[C@@H]([C@@H](C)OCCCCOC(C)=O)C(=O)N[C@@H](C(C)C)C(=O)N(C)[C@@H](CC(C)C)C(=O)N[C@@H](C)C(=O)N[C@H](C)C(=O)N(C)[C@@H](CC(C)C)C(=O)N(C)[C@@H](CC(C)C)C(=O)N(C)[C@@H](C(C)C)C(=O)N1C. The molecule has 13 atom stereocenters. The number of aliphatic hydroxyl groups is 1. The van der Waals surface area contributed by atoms with Crippen LogP contribution in [0.1, 0.15) is 163 Å². The van der Waals surface area contributed by atoms with Crippen molar-refractivity contribution in [2.45, 2.75) is 235 Å². The van der Waals surface area contributed by atoms with E-state index in [1.165, 1.54) is 89.7 Å². The predicted molar refractivity (Wildman–Crippen MR) is 350 cm³/mol. The van der Waals surface area contributed by atoms with Crippen molar-refractivity contribution in [3.63, 3.8) is 0 Å². The van der Waals surface area contributed by atoms with Crippen LogP contribution in [0, 0.1) is 35.5 Å². The summed E-state index contributed by atoms with van der Waals surface area (Å²) >= 11 is 0. The van der Waals surface area contributed by atoms with Gasteiger partial charge in [-0.25, -0.2) is 0 Å². The van der Waals surface area contributed by atoms with E-state index in [-0.39, 0.29) is 63.1 Å². The minimum absolute atomic E-state index is 0.0238. The molecule has 0 aromatic heterocycles. The van der Waals surface area contributed by atoms with Gasteiger partial charge in [0, 0.05) is 62.9 Å². The molecule has 526 valence electrons. The Bertz CT molecular complexity index is 2530. The molecule has 26 heteroatoms. The minimum atomic E-state index is -1.65. The van der Waals surface area contributed by atoms with Crippen LogP contribution >= 0.6 is 0 Å². The van der Waals surface area contributed by atoms with Crippen molar-refractivity contribution in [3.8, 4) is 0 Å². The quantitative estimate of drug-likeness (QED) is 0.0665. The van der Waals surface area contributed by atoms with Gasteiger partial charge in [0.2, 0.25) is 65.0 Å². The smallest absolute Gasteiger partial charge is 0.302 e. The molecule has 0 unspecified atom stereocenters. The lowest BCUT2D eigenvalue weighted by Gasteiger charge is -2.41. The molecule has 92 heavy (non-hydrogen) atoms. The number of nitrogens with one attached hydrogen (secondary N) is 4. The van der Waals surface area contributed by atoms with Crippen molar-refractivity contribution in [2.24, 2.45) is 35.5 Å². The summed E-state index contributed by atoms with van der Waals surface area (Å²) in [4.78, 5) is 181. The summed E-state index contributed by atoms with van der Waals surface area (Å²) in [5, 5.41) is 23.1. The van der Waals surface area contributed by atoms with Gasteiger partial charge in [-0.2, -0.15) is 0 Å². The maximum absolute atomic E-state index is 15.2. The number of aliphatic hydroxyl groups excluding tert-OH is 1. The van der Waals surface area contributed by atoms with Gasteiger partial charge in [0.25, 0.3) is 0 Å². The zero-order chi connectivity index (χ0) is 71.1. The number of amides is 11. The van der Waals surface area contributed by atoms with Crippen LogP contribution in [0.5, 0.6) is 0 Å². The second kappa shape index (κ2) is 39.1. The molecule has 1 aliphatic heterocycles. The average Bonchev–Trinajstić information content (AvgIpc) is 0.831. The van der Waals surface area contributed by atoms with E-state index in [1.54, 1.807) is 67.5 Å². The van der Waals surface area contributed by atoms with Gasteiger partial charge in [0.1, 0.15) is 60.4 Å². The molecular formula is C66H117N11O15. The number of nitrogens with zero attached hydrogens (tertiary/aromatic N) is 7. The van der Waals surface area contributed by atoms with E-state index in [4.69, 9.17) is 9.47 Å². The highest BCUT2D eigenvalue weighted by atomic mass is 16.5. The van der Waals surface area contributed by atoms with Crippen LogP contribution in [0.15, 0.2) is 12.2 Å². The van der Waals surface area contributed by atoms with Gasteiger partial charge in [-0.3, -0.25) is 57.5 Å². The first-order chi connectivity index (χ1) is 42.6. The Morgan fingerprint density at radius 3 is 1.49 bits per heavy atom. The van der Waals surface area contributed by atoms with Gasteiger partial charge in [0.15, 0.2) is 0 Å². The number of carbonyl (C=O) groups excluding carboxylic acids is 12. The van der Waals surface area contributed by atoms with Crippen molar-refractivity contribution < 1.29 is 72.1 Å². The summed E-state index contributed by atoms with van der Waals surface area (Å²) in [7, 11) is 9.70. The summed E-state index contributed by atoms with van der Waals surface area (Å²) in [6.45, 7) is 28.2. The maximum atomic E-state index is 15.2. The lowest BCUT2D eigenvalue weighted by molar-refractivity contribution is -0.157. The van der Waals surface area contributed by atoms with E-state index in [9.17, 15) is 48.3 Å². The topological polar surface area (TPSA) is 314 Å². The number of unbranched alkanes of at least 4 members (excludes halogenated alkanes) is 1. The molecular weight excluding hydrogens is 1190 g/mol. The monoisotopic (exact) mass is 1300 g/mol. The molecule has 1 heterocycles. The molecule has 11 amide bonds. The number of esters is 1. The third kappa shape index (κ3) is 24.3. The number of hydrogen-bond donors (Lipinski definition) is 5. The number of hydrogen-bond acceptors (Lipinski definition) is 15. The van der Waals surface area contributed by atoms with Gasteiger partial charge in [-0.15, -0.1) is 0 Å². The lowest BCUT2D eigenvalue weighted by atomic mass is 9.91. The first-order valence-electron chi connectivity index (χ1n) is 32.7. The van der Waals surface area contributed by atoms with Gasteiger partial charge in [-0.1, -0.05) is 95.2 Å². The third-order valence-electron chi connectivity index (χ3n) is 17.0. The Hall–Kier alpha value is -6.70. The predicted octanol–water partition coefficient (Wildman–Crippen LogP) is 2.97. The van der Waals surface area contributed by atoms with E-state index in [0.29, 0.717) is 12.8 Å². The van der Waals surface area contributed by atoms with E-state index in [0.717, 1.165) is 14.7 Å². The summed E-state index contributed by atoms with van der Waals surface area (Å²) in [6, 6.07) is -13.1. The fourth-order valence-electron chi connectivity index (χ4n) is 11.2. The van der Waals surface area contributed by atoms with E-state index in [2.05, 4.69) is 21.3 Å². The van der Waals surface area contributed by atoms with Crippen LogP contribution in [0.25, 0.3) is 0 Å². The summed E-state index contributed by atoms with van der Waals surface area (Å²) in [5.41, 5.74) is 0. The molecule has 5 N–H and O–H groups in total. The minimum Gasteiger partial charge on any atom is -0.466 e. The Morgan fingerprint density at radius 2 is 1.00 bits per heavy atom. The van der Waals surface area contributed by atoms with Crippen LogP contribution in [0.3, 0.4) is 0 Å². The summed E-state index contributed by atoms with van der Waals surface area (Å²) in [5.74, 6) is -10.8. The number of likely N-dealkylation sites (N-methyl/N-ethyl adjacent to an activating group) is 7. The first kappa shape index (κ1) is 83.3. The summed E-state index contributed by atoms with van der Waals surface area (Å²) in [6.07, 6.45) is 2.42. The highest BCUT2D eigenvalue weighted by molar-refractivity contribution is 5.99. The van der Waals surface area contributed by atoms with Crippen LogP contribution < -0.4 is 21.3 Å². The zero-order valence-corrected chi connectivity index (χ0v) is 59.9. The fourth-order valence-corrected chi connectivity index (χ4v) is 11.2. The number of ether oxygens (including phenoxy) is 2. The van der Waals surface area contributed by atoms with Gasteiger partial charge < -0.3 is 70.1 Å². The van der Waals surface area contributed by atoms with Gasteiger partial charge >= 0.3 is 5.97 Å². The van der Waals surface area contributed by atoms with Crippen molar-refractivity contribution in [1.29, 1.82) is 0 Å². The highest BCUT2D eigenvalue weighted by Gasteiger charge is 2.46.